The van der Waals surface area contributed by atoms with Crippen molar-refractivity contribution in [2.75, 3.05) is 7.11 Å². The summed E-state index contributed by atoms with van der Waals surface area (Å²) in [6.45, 7) is 7.56. The largest absolute Gasteiger partial charge is 0.469 e. The van der Waals surface area contributed by atoms with Gasteiger partial charge >= 0.3 is 17.9 Å². The third kappa shape index (κ3) is 12.1. The lowest BCUT2D eigenvalue weighted by molar-refractivity contribution is -0.384. The van der Waals surface area contributed by atoms with Crippen LogP contribution in [0.4, 0.5) is 5.69 Å². The maximum atomic E-state index is 13.1. The summed E-state index contributed by atoms with van der Waals surface area (Å²) >= 11 is 0. The predicted octanol–water partition coefficient (Wildman–Crippen LogP) is 8.81. The Morgan fingerprint density at radius 1 is 0.978 bits per heavy atom. The third-order valence-electron chi connectivity index (χ3n) is 7.96. The zero-order chi connectivity index (χ0) is 33.2. The van der Waals surface area contributed by atoms with Gasteiger partial charge in [0.15, 0.2) is 0 Å². The molecule has 9 nitrogen and oxygen atoms in total. The Kier molecular flexibility index (Phi) is 16.6. The SMILES string of the molecule is CC.CCCCCC(OC(C)=O)c1ccc([C@@H]2[C@@H](C/C=C\CCCC(=O)OC)CC[C@H]2OC(=O)c2ccc([N+](=O)[O-])cc2)cc1. The highest BCUT2D eigenvalue weighted by Gasteiger charge is 2.39. The van der Waals surface area contributed by atoms with E-state index in [1.54, 1.807) is 0 Å². The van der Waals surface area contributed by atoms with Crippen LogP contribution in [-0.4, -0.2) is 36.0 Å². The number of carbonyl (C=O) groups is 3. The smallest absolute Gasteiger partial charge is 0.338 e. The fourth-order valence-corrected chi connectivity index (χ4v) is 5.71. The van der Waals surface area contributed by atoms with Crippen LogP contribution in [0.2, 0.25) is 0 Å². The van der Waals surface area contributed by atoms with E-state index in [1.165, 1.54) is 38.3 Å². The Morgan fingerprint density at radius 2 is 1.67 bits per heavy atom. The molecule has 1 aliphatic rings. The molecule has 0 amide bonds. The molecule has 4 atom stereocenters. The van der Waals surface area contributed by atoms with Crippen molar-refractivity contribution in [1.29, 1.82) is 0 Å². The molecule has 45 heavy (non-hydrogen) atoms. The number of unbranched alkanes of at least 4 members (excludes halogenated alkanes) is 3. The van der Waals surface area contributed by atoms with Crippen LogP contribution in [-0.2, 0) is 23.8 Å². The number of nitro groups is 1. The molecule has 9 heteroatoms. The molecule has 1 aliphatic carbocycles. The molecule has 1 saturated carbocycles. The fourth-order valence-electron chi connectivity index (χ4n) is 5.71. The Labute approximate surface area is 267 Å². The first kappa shape index (κ1) is 37.2. The monoisotopic (exact) mass is 623 g/mol. The summed E-state index contributed by atoms with van der Waals surface area (Å²) in [5.41, 5.74) is 2.16. The number of hydrogen-bond donors (Lipinski definition) is 0. The number of ether oxygens (including phenoxy) is 3. The van der Waals surface area contributed by atoms with Gasteiger partial charge in [-0.1, -0.05) is 70.0 Å². The van der Waals surface area contributed by atoms with Crippen molar-refractivity contribution in [3.63, 3.8) is 0 Å². The van der Waals surface area contributed by atoms with Crippen molar-refractivity contribution in [2.45, 2.75) is 110 Å². The summed E-state index contributed by atoms with van der Waals surface area (Å²) in [4.78, 5) is 46.7. The maximum absolute atomic E-state index is 13.1. The molecular formula is C36H49NO8. The first-order valence-electron chi connectivity index (χ1n) is 16.2. The van der Waals surface area contributed by atoms with E-state index in [9.17, 15) is 24.5 Å². The molecule has 0 heterocycles. The van der Waals surface area contributed by atoms with Gasteiger partial charge in [-0.25, -0.2) is 4.79 Å². The van der Waals surface area contributed by atoms with Gasteiger partial charge in [-0.15, -0.1) is 0 Å². The molecule has 2 aromatic rings. The Bertz CT molecular complexity index is 1240. The van der Waals surface area contributed by atoms with E-state index < -0.39 is 10.9 Å². The van der Waals surface area contributed by atoms with Crippen LogP contribution in [0.1, 0.15) is 125 Å². The van der Waals surface area contributed by atoms with E-state index >= 15 is 0 Å². The minimum atomic E-state index is -0.508. The van der Waals surface area contributed by atoms with Crippen molar-refractivity contribution < 1.29 is 33.5 Å². The standard InChI is InChI=1S/C34H43NO8.C2H6/c1-4-5-8-12-30(42-24(2)36)25-14-16-27(17-15-25)33-26(11-9-6-7-10-13-32(37)41-3)20-23-31(33)43-34(38)28-18-21-29(22-19-28)35(39)40;1-2/h6,9,14-19,21-22,26,30-31,33H,4-5,7-8,10-13,20,23H2,1-3H3;1-2H3/b9-6-;/t26-,30?,31+,33-;/m0./s1. The third-order valence-corrected chi connectivity index (χ3v) is 7.96. The number of hydrogen-bond acceptors (Lipinski definition) is 8. The van der Waals surface area contributed by atoms with Gasteiger partial charge in [-0.3, -0.25) is 19.7 Å². The molecule has 0 aliphatic heterocycles. The van der Waals surface area contributed by atoms with Crippen molar-refractivity contribution >= 4 is 23.6 Å². The van der Waals surface area contributed by atoms with E-state index in [0.717, 1.165) is 62.5 Å². The van der Waals surface area contributed by atoms with Gasteiger partial charge in [0.25, 0.3) is 5.69 Å². The Morgan fingerprint density at radius 3 is 2.27 bits per heavy atom. The summed E-state index contributed by atoms with van der Waals surface area (Å²) in [7, 11) is 1.39. The number of methoxy groups -OCH3 is 1. The van der Waals surface area contributed by atoms with E-state index in [4.69, 9.17) is 14.2 Å². The van der Waals surface area contributed by atoms with Crippen molar-refractivity contribution in [3.05, 3.63) is 87.5 Å². The summed E-state index contributed by atoms with van der Waals surface area (Å²) < 4.78 is 16.4. The van der Waals surface area contributed by atoms with Gasteiger partial charge in [0.05, 0.1) is 17.6 Å². The molecule has 0 saturated heterocycles. The topological polar surface area (TPSA) is 122 Å². The second-order valence-electron chi connectivity index (χ2n) is 11.0. The van der Waals surface area contributed by atoms with Crippen LogP contribution >= 0.6 is 0 Å². The number of esters is 3. The molecule has 0 spiro atoms. The maximum Gasteiger partial charge on any atom is 0.338 e. The number of non-ortho nitro benzene ring substituents is 1. The van der Waals surface area contributed by atoms with Gasteiger partial charge in [-0.2, -0.15) is 0 Å². The Hall–Kier alpha value is -4.01. The number of nitro benzene ring substituents is 1. The Balaban J connectivity index is 0.00000345. The molecule has 2 aromatic carbocycles. The van der Waals surface area contributed by atoms with Crippen LogP contribution in [0.25, 0.3) is 0 Å². The van der Waals surface area contributed by atoms with Gasteiger partial charge in [0, 0.05) is 31.4 Å². The number of rotatable bonds is 16. The van der Waals surface area contributed by atoms with E-state index in [2.05, 4.69) is 19.1 Å². The van der Waals surface area contributed by atoms with Crippen LogP contribution in [0, 0.1) is 16.0 Å². The summed E-state index contributed by atoms with van der Waals surface area (Å²) in [5, 5.41) is 11.0. The van der Waals surface area contributed by atoms with Crippen LogP contribution in [0.15, 0.2) is 60.7 Å². The molecule has 3 rings (SSSR count). The number of benzene rings is 2. The molecule has 0 aromatic heterocycles. The fraction of sp³-hybridized carbons (Fsp3) is 0.528. The van der Waals surface area contributed by atoms with Gasteiger partial charge in [0.1, 0.15) is 12.2 Å². The van der Waals surface area contributed by atoms with Crippen molar-refractivity contribution in [2.24, 2.45) is 5.92 Å². The predicted molar refractivity (Wildman–Crippen MR) is 174 cm³/mol. The average Bonchev–Trinajstić information content (AvgIpc) is 3.44. The molecule has 0 bridgehead atoms. The highest BCUT2D eigenvalue weighted by atomic mass is 16.6. The quantitative estimate of drug-likeness (QED) is 0.0454. The lowest BCUT2D eigenvalue weighted by Crippen LogP contribution is -2.24. The van der Waals surface area contributed by atoms with E-state index in [-0.39, 0.29) is 47.2 Å². The normalized spacial score (nSPS) is 18.0. The van der Waals surface area contributed by atoms with Crippen LogP contribution in [0.5, 0.6) is 0 Å². The van der Waals surface area contributed by atoms with Crippen molar-refractivity contribution in [1.82, 2.24) is 0 Å². The van der Waals surface area contributed by atoms with Gasteiger partial charge < -0.3 is 14.2 Å². The number of allylic oxidation sites excluding steroid dienone is 2. The molecule has 0 radical (unpaired) electrons. The van der Waals surface area contributed by atoms with Gasteiger partial charge in [-0.05, 0) is 74.1 Å². The van der Waals surface area contributed by atoms with Crippen LogP contribution < -0.4 is 0 Å². The molecule has 0 N–H and O–H groups in total. The summed E-state index contributed by atoms with van der Waals surface area (Å²) in [5.74, 6) is -0.856. The second kappa shape index (κ2) is 20.1. The second-order valence-corrected chi connectivity index (χ2v) is 11.0. The minimum Gasteiger partial charge on any atom is -0.469 e. The van der Waals surface area contributed by atoms with Crippen LogP contribution in [0.3, 0.4) is 0 Å². The lowest BCUT2D eigenvalue weighted by Gasteiger charge is -2.26. The van der Waals surface area contributed by atoms with Gasteiger partial charge in [0.2, 0.25) is 0 Å². The molecule has 246 valence electrons. The molecule has 1 fully saturated rings. The lowest BCUT2D eigenvalue weighted by atomic mass is 9.84. The molecule has 1 unspecified atom stereocenters. The summed E-state index contributed by atoms with van der Waals surface area (Å²) in [6, 6.07) is 13.5. The number of nitrogens with zero attached hydrogens (tertiary/aromatic N) is 1. The zero-order valence-corrected chi connectivity index (χ0v) is 27.4. The zero-order valence-electron chi connectivity index (χ0n) is 27.4. The average molecular weight is 624 g/mol. The minimum absolute atomic E-state index is 0.0527. The first-order valence-corrected chi connectivity index (χ1v) is 16.2. The highest BCUT2D eigenvalue weighted by Crippen LogP contribution is 2.44. The van der Waals surface area contributed by atoms with Crippen molar-refractivity contribution in [3.8, 4) is 0 Å². The molecular weight excluding hydrogens is 574 g/mol. The summed E-state index contributed by atoms with van der Waals surface area (Å²) in [6.07, 6.45) is 11.6. The first-order chi connectivity index (χ1) is 21.7. The highest BCUT2D eigenvalue weighted by molar-refractivity contribution is 5.89. The van der Waals surface area contributed by atoms with E-state index in [1.807, 2.05) is 38.1 Å². The number of carbonyl (C=O) groups excluding carboxylic acids is 3. The van der Waals surface area contributed by atoms with E-state index in [0.29, 0.717) is 12.8 Å².